The fraction of sp³-hybridized carbons (Fsp3) is 0.500. The first-order valence-corrected chi connectivity index (χ1v) is 7.29. The Hall–Kier alpha value is -1.13. The Morgan fingerprint density at radius 3 is 2.89 bits per heavy atom. The van der Waals surface area contributed by atoms with E-state index in [1.165, 1.54) is 21.7 Å². The molecule has 18 heavy (non-hydrogen) atoms. The molecule has 3 nitrogen and oxygen atoms in total. The molecule has 0 saturated heterocycles. The molecular weight excluding hydrogens is 242 g/mol. The maximum Gasteiger partial charge on any atom is 0.105 e. The first-order chi connectivity index (χ1) is 8.70. The van der Waals surface area contributed by atoms with E-state index in [2.05, 4.69) is 34.8 Å². The van der Waals surface area contributed by atoms with Crippen LogP contribution in [0.1, 0.15) is 34.5 Å². The summed E-state index contributed by atoms with van der Waals surface area (Å²) in [6, 6.07) is 2.32. The van der Waals surface area contributed by atoms with Crippen molar-refractivity contribution in [1.82, 2.24) is 14.9 Å². The Kier molecular flexibility index (Phi) is 4.55. The average molecular weight is 263 g/mol. The van der Waals surface area contributed by atoms with Crippen molar-refractivity contribution < 1.29 is 0 Å². The Bertz CT molecular complexity index is 499. The number of hydrogen-bond donors (Lipinski definition) is 1. The minimum absolute atomic E-state index is 0.932. The van der Waals surface area contributed by atoms with E-state index in [9.17, 15) is 0 Å². The van der Waals surface area contributed by atoms with Gasteiger partial charge >= 0.3 is 0 Å². The van der Waals surface area contributed by atoms with Gasteiger partial charge in [0.25, 0.3) is 0 Å². The molecule has 0 fully saturated rings. The van der Waals surface area contributed by atoms with Gasteiger partial charge < -0.3 is 9.88 Å². The Morgan fingerprint density at radius 2 is 2.22 bits per heavy atom. The summed E-state index contributed by atoms with van der Waals surface area (Å²) >= 11 is 1.90. The van der Waals surface area contributed by atoms with E-state index in [4.69, 9.17) is 0 Å². The summed E-state index contributed by atoms with van der Waals surface area (Å²) in [7, 11) is 0. The monoisotopic (exact) mass is 263 g/mol. The van der Waals surface area contributed by atoms with Crippen molar-refractivity contribution in [2.24, 2.45) is 0 Å². The molecule has 0 aromatic carbocycles. The zero-order valence-corrected chi connectivity index (χ0v) is 12.2. The van der Waals surface area contributed by atoms with Gasteiger partial charge in [0.15, 0.2) is 0 Å². The van der Waals surface area contributed by atoms with Gasteiger partial charge in [-0.2, -0.15) is 0 Å². The van der Waals surface area contributed by atoms with Crippen LogP contribution >= 0.6 is 11.3 Å². The van der Waals surface area contributed by atoms with Crippen LogP contribution in [-0.2, 0) is 13.1 Å². The van der Waals surface area contributed by atoms with Gasteiger partial charge in [-0.05, 0) is 38.4 Å². The normalized spacial score (nSPS) is 11.1. The summed E-state index contributed by atoms with van der Waals surface area (Å²) in [6.07, 6.45) is 5.09. The van der Waals surface area contributed by atoms with Crippen molar-refractivity contribution in [3.05, 3.63) is 39.6 Å². The summed E-state index contributed by atoms with van der Waals surface area (Å²) in [6.45, 7) is 9.46. The quantitative estimate of drug-likeness (QED) is 0.812. The highest BCUT2D eigenvalue weighted by molar-refractivity contribution is 7.12. The van der Waals surface area contributed by atoms with E-state index in [0.29, 0.717) is 0 Å². The molecule has 98 valence electrons. The lowest BCUT2D eigenvalue weighted by atomic mass is 10.2. The van der Waals surface area contributed by atoms with E-state index in [1.807, 2.05) is 30.7 Å². The number of aryl methyl sites for hydroxylation is 2. The molecule has 0 spiro atoms. The van der Waals surface area contributed by atoms with Crippen molar-refractivity contribution in [2.75, 3.05) is 6.54 Å². The molecule has 2 rings (SSSR count). The molecule has 2 heterocycles. The lowest BCUT2D eigenvalue weighted by Gasteiger charge is -2.03. The first kappa shape index (κ1) is 13.3. The van der Waals surface area contributed by atoms with Crippen molar-refractivity contribution >= 4 is 11.3 Å². The van der Waals surface area contributed by atoms with Crippen LogP contribution in [-0.4, -0.2) is 16.1 Å². The molecule has 0 aliphatic heterocycles. The first-order valence-electron chi connectivity index (χ1n) is 6.47. The highest BCUT2D eigenvalue weighted by Gasteiger charge is 2.07. The van der Waals surface area contributed by atoms with Gasteiger partial charge in [-0.3, -0.25) is 0 Å². The third-order valence-corrected chi connectivity index (χ3v) is 4.15. The molecule has 0 saturated carbocycles. The maximum atomic E-state index is 4.26. The van der Waals surface area contributed by atoms with Crippen LogP contribution in [0.3, 0.4) is 0 Å². The van der Waals surface area contributed by atoms with Crippen LogP contribution in [0.25, 0.3) is 0 Å². The molecule has 0 bridgehead atoms. The summed E-state index contributed by atoms with van der Waals surface area (Å²) < 4.78 is 2.19. The number of aromatic nitrogens is 2. The highest BCUT2D eigenvalue weighted by Crippen LogP contribution is 2.22. The third-order valence-electron chi connectivity index (χ3n) is 3.06. The van der Waals surface area contributed by atoms with Gasteiger partial charge in [0.2, 0.25) is 0 Å². The van der Waals surface area contributed by atoms with E-state index in [1.54, 1.807) is 0 Å². The summed E-state index contributed by atoms with van der Waals surface area (Å²) in [4.78, 5) is 7.10. The van der Waals surface area contributed by atoms with Crippen LogP contribution in [0.2, 0.25) is 0 Å². The van der Waals surface area contributed by atoms with E-state index < -0.39 is 0 Å². The van der Waals surface area contributed by atoms with E-state index in [0.717, 1.165) is 25.5 Å². The highest BCUT2D eigenvalue weighted by atomic mass is 32.1. The minimum atomic E-state index is 0.932. The third kappa shape index (κ3) is 3.21. The van der Waals surface area contributed by atoms with Crippen LogP contribution in [0, 0.1) is 13.8 Å². The lowest BCUT2D eigenvalue weighted by molar-refractivity contribution is 0.680. The zero-order chi connectivity index (χ0) is 13.0. The van der Waals surface area contributed by atoms with Crippen molar-refractivity contribution in [3.8, 4) is 0 Å². The van der Waals surface area contributed by atoms with Crippen LogP contribution < -0.4 is 5.32 Å². The summed E-state index contributed by atoms with van der Waals surface area (Å²) in [5.41, 5.74) is 1.41. The summed E-state index contributed by atoms with van der Waals surface area (Å²) in [5.74, 6) is 1.08. The molecule has 2 aromatic rings. The zero-order valence-electron chi connectivity index (χ0n) is 11.4. The van der Waals surface area contributed by atoms with Gasteiger partial charge in [0.1, 0.15) is 5.82 Å². The van der Waals surface area contributed by atoms with Gasteiger partial charge in [0, 0.05) is 35.2 Å². The Labute approximate surface area is 113 Å². The predicted molar refractivity (Wildman–Crippen MR) is 77.1 cm³/mol. The second-order valence-electron chi connectivity index (χ2n) is 4.57. The lowest BCUT2D eigenvalue weighted by Crippen LogP contribution is -2.12. The van der Waals surface area contributed by atoms with Gasteiger partial charge in [-0.25, -0.2) is 4.98 Å². The fourth-order valence-electron chi connectivity index (χ4n) is 1.97. The molecule has 0 unspecified atom stereocenters. The predicted octanol–water partition coefficient (Wildman–Crippen LogP) is 3.11. The van der Waals surface area contributed by atoms with Crippen LogP contribution in [0.15, 0.2) is 18.5 Å². The standard InChI is InChI=1S/C14H21N3S/c1-4-5-15-9-14-8-13(11(2)18-14)10-17-7-6-16-12(17)3/h6-8,15H,4-5,9-10H2,1-3H3. The smallest absolute Gasteiger partial charge is 0.105 e. The number of hydrogen-bond acceptors (Lipinski definition) is 3. The summed E-state index contributed by atoms with van der Waals surface area (Å²) in [5, 5.41) is 3.45. The van der Waals surface area contributed by atoms with Gasteiger partial charge in [-0.15, -0.1) is 11.3 Å². The largest absolute Gasteiger partial charge is 0.331 e. The topological polar surface area (TPSA) is 29.9 Å². The van der Waals surface area contributed by atoms with Crippen LogP contribution in [0.4, 0.5) is 0 Å². The molecule has 0 aliphatic rings. The minimum Gasteiger partial charge on any atom is -0.331 e. The SMILES string of the molecule is CCCNCc1cc(Cn2ccnc2C)c(C)s1. The maximum absolute atomic E-state index is 4.26. The second-order valence-corrected chi connectivity index (χ2v) is 5.91. The molecule has 0 atom stereocenters. The number of imidazole rings is 1. The molecule has 2 aromatic heterocycles. The fourth-order valence-corrected chi connectivity index (χ4v) is 3.00. The van der Waals surface area contributed by atoms with Gasteiger partial charge in [0.05, 0.1) is 0 Å². The van der Waals surface area contributed by atoms with E-state index >= 15 is 0 Å². The number of rotatable bonds is 6. The molecule has 0 amide bonds. The van der Waals surface area contributed by atoms with Gasteiger partial charge in [-0.1, -0.05) is 6.92 Å². The van der Waals surface area contributed by atoms with Crippen LogP contribution in [0.5, 0.6) is 0 Å². The Balaban J connectivity index is 2.03. The molecule has 0 radical (unpaired) electrons. The number of nitrogens with one attached hydrogen (secondary N) is 1. The molecule has 0 aliphatic carbocycles. The van der Waals surface area contributed by atoms with Crippen molar-refractivity contribution in [3.63, 3.8) is 0 Å². The number of thiophene rings is 1. The van der Waals surface area contributed by atoms with Crippen molar-refractivity contribution in [1.29, 1.82) is 0 Å². The van der Waals surface area contributed by atoms with E-state index in [-0.39, 0.29) is 0 Å². The molecule has 4 heteroatoms. The van der Waals surface area contributed by atoms with Crippen molar-refractivity contribution in [2.45, 2.75) is 40.3 Å². The average Bonchev–Trinajstić information content (AvgIpc) is 2.88. The molecule has 1 N–H and O–H groups in total. The second kappa shape index (κ2) is 6.16. The molecular formula is C14H21N3S. The number of nitrogens with zero attached hydrogens (tertiary/aromatic N) is 2. The Morgan fingerprint density at radius 1 is 1.39 bits per heavy atom.